The lowest BCUT2D eigenvalue weighted by molar-refractivity contribution is -0.349. The van der Waals surface area contributed by atoms with Gasteiger partial charge >= 0.3 is 0 Å². The molecule has 1 fully saturated rings. The number of likely N-dealkylation sites (N-methyl/N-ethyl adjacent to an activating group) is 1. The zero-order valence-corrected chi connectivity index (χ0v) is 40.8. The van der Waals surface area contributed by atoms with Crippen molar-refractivity contribution >= 4 is 55.5 Å². The normalized spacial score (nSPS) is 15.6. The molecule has 1 aliphatic heterocycles. The van der Waals surface area contributed by atoms with E-state index < -0.39 is 26.3 Å². The molecule has 352 valence electrons. The molecule has 0 bridgehead atoms. The molecule has 0 saturated carbocycles. The van der Waals surface area contributed by atoms with Crippen LogP contribution in [0.4, 0.5) is 22.7 Å². The van der Waals surface area contributed by atoms with Gasteiger partial charge in [0.15, 0.2) is 0 Å². The average molecular weight is 949 g/mol. The topological polar surface area (TPSA) is 148 Å². The lowest BCUT2D eigenvalue weighted by Crippen LogP contribution is -2.45. The Hall–Kier alpha value is -5.91. The summed E-state index contributed by atoms with van der Waals surface area (Å²) in [5.74, 6) is 1.31. The summed E-state index contributed by atoms with van der Waals surface area (Å²) in [6, 6.07) is 39.8. The van der Waals surface area contributed by atoms with Crippen LogP contribution < -0.4 is 14.4 Å². The average Bonchev–Trinajstić information content (AvgIpc) is 3.74. The zero-order chi connectivity index (χ0) is 48.1. The van der Waals surface area contributed by atoms with Gasteiger partial charge in [-0.3, -0.25) is 4.79 Å². The van der Waals surface area contributed by atoms with Crippen LogP contribution in [0.15, 0.2) is 132 Å². The summed E-state index contributed by atoms with van der Waals surface area (Å²) in [5.41, 5.74) is 3.62. The van der Waals surface area contributed by atoms with Crippen molar-refractivity contribution in [2.24, 2.45) is 10.2 Å². The predicted molar refractivity (Wildman–Crippen MR) is 264 cm³/mol. The molecule has 1 heterocycles. The third-order valence-electron chi connectivity index (χ3n) is 11.4. The number of likely N-dealkylation sites (tertiary alicyclic amines) is 1. The molecule has 1 saturated heterocycles. The molecule has 14 nitrogen and oxygen atoms in total. The van der Waals surface area contributed by atoms with E-state index >= 15 is 0 Å². The van der Waals surface area contributed by atoms with Gasteiger partial charge in [0, 0.05) is 43.5 Å². The lowest BCUT2D eigenvalue weighted by atomic mass is 9.80. The highest BCUT2D eigenvalue weighted by atomic mass is 35.5. The Bertz CT molecular complexity index is 2420. The number of anilines is 1. The Kier molecular flexibility index (Phi) is 17.9. The number of halogens is 1. The van der Waals surface area contributed by atoms with E-state index in [1.165, 1.54) is 6.07 Å². The number of hydrogen-bond donors (Lipinski definition) is 0. The summed E-state index contributed by atoms with van der Waals surface area (Å²) in [6.45, 7) is 12.5. The van der Waals surface area contributed by atoms with Crippen LogP contribution in [0.5, 0.6) is 11.5 Å². The fraction of sp³-hybridized carbons (Fsp3) is 0.353. The highest BCUT2D eigenvalue weighted by Crippen LogP contribution is 2.49. The van der Waals surface area contributed by atoms with Gasteiger partial charge in [-0.15, -0.1) is 5.11 Å². The molecule has 0 aromatic heterocycles. The Labute approximate surface area is 400 Å². The third-order valence-corrected chi connectivity index (χ3v) is 13.9. The van der Waals surface area contributed by atoms with Crippen LogP contribution in [0.25, 0.3) is 0 Å². The molecule has 0 radical (unpaired) electrons. The first-order chi connectivity index (χ1) is 32.3. The first kappa shape index (κ1) is 50.5. The van der Waals surface area contributed by atoms with E-state index in [0.717, 1.165) is 22.4 Å². The number of benzene rings is 5. The van der Waals surface area contributed by atoms with Crippen LogP contribution in [-0.2, 0) is 24.2 Å². The summed E-state index contributed by atoms with van der Waals surface area (Å²) in [6.07, 6.45) is 0.317. The van der Waals surface area contributed by atoms with Gasteiger partial charge in [-0.2, -0.15) is 15.1 Å². The van der Waals surface area contributed by atoms with Gasteiger partial charge in [0.2, 0.25) is 11.6 Å². The fourth-order valence-electron chi connectivity index (χ4n) is 8.13. The molecule has 0 spiro atoms. The van der Waals surface area contributed by atoms with Gasteiger partial charge in [0.25, 0.3) is 8.53 Å². The number of hydrogen-bond acceptors (Lipinski definition) is 12. The second kappa shape index (κ2) is 23.7. The number of carbonyl (C=O) groups is 1. The minimum Gasteiger partial charge on any atom is -0.619 e. The van der Waals surface area contributed by atoms with Gasteiger partial charge in [-0.05, 0) is 105 Å². The first-order valence-electron chi connectivity index (χ1n) is 22.1. The Balaban J connectivity index is 1.31. The SMILES string of the molecule is C=[N+]([O-])c1ccc(N=Nc2ccc(N(C)CC(=O)N3C[C@H](OP(OCCC#N)N(C(C)C)C(C)C)C[C@H]3COC(c3ccccc3)(c3ccc(OC)cc3)c3ccc(OC)cc3)cc2)c(Cl)c1. The van der Waals surface area contributed by atoms with Crippen molar-refractivity contribution in [1.82, 2.24) is 9.57 Å². The highest BCUT2D eigenvalue weighted by molar-refractivity contribution is 7.44. The van der Waals surface area contributed by atoms with Crippen LogP contribution in [-0.4, -0.2) is 98.7 Å². The van der Waals surface area contributed by atoms with Crippen molar-refractivity contribution in [3.8, 4) is 17.6 Å². The van der Waals surface area contributed by atoms with Crippen molar-refractivity contribution in [2.45, 2.75) is 70.4 Å². The van der Waals surface area contributed by atoms with Gasteiger partial charge in [0.05, 0.1) is 69.3 Å². The maximum absolute atomic E-state index is 14.7. The van der Waals surface area contributed by atoms with E-state index in [1.807, 2.05) is 95.7 Å². The lowest BCUT2D eigenvalue weighted by Gasteiger charge is -2.38. The van der Waals surface area contributed by atoms with Crippen LogP contribution in [0.3, 0.4) is 0 Å². The standard InChI is InChI=1S/C51H59ClN7O7P/c1-36(2)59(37(3)4)67(65-30-12-29-53)66-47-31-44(35-64-51(38-13-10-9-11-14-38,39-15-24-45(62-7)25-16-39)40-17-26-46(63-8)27-18-40)58(33-47)50(60)34-56(5)42-21-19-41(20-22-42)54-55-49-28-23-43(57(6)61)32-48(49)52/h9-11,13-28,32,36-37,44,47H,6,12,30-31,33-35H2,1-5,7-8H3/t44-,47+,67?/m0/s1. The maximum Gasteiger partial charge on any atom is 0.259 e. The number of methoxy groups -OCH3 is 2. The van der Waals surface area contributed by atoms with Crippen LogP contribution >= 0.6 is 20.1 Å². The van der Waals surface area contributed by atoms with Gasteiger partial charge in [0.1, 0.15) is 29.5 Å². The van der Waals surface area contributed by atoms with Crippen molar-refractivity contribution in [2.75, 3.05) is 52.5 Å². The van der Waals surface area contributed by atoms with Crippen molar-refractivity contribution in [3.05, 3.63) is 148 Å². The predicted octanol–water partition coefficient (Wildman–Crippen LogP) is 11.3. The largest absolute Gasteiger partial charge is 0.619 e. The van der Waals surface area contributed by atoms with E-state index in [0.29, 0.717) is 46.3 Å². The van der Waals surface area contributed by atoms with Crippen LogP contribution in [0.2, 0.25) is 5.02 Å². The summed E-state index contributed by atoms with van der Waals surface area (Å²) >= 11 is 6.33. The molecule has 3 atom stereocenters. The number of azo groups is 1. The molecule has 16 heteroatoms. The molecule has 0 N–H and O–H groups in total. The summed E-state index contributed by atoms with van der Waals surface area (Å²) in [7, 11) is 3.56. The summed E-state index contributed by atoms with van der Waals surface area (Å²) < 4.78 is 34.4. The van der Waals surface area contributed by atoms with E-state index in [2.05, 4.69) is 67.5 Å². The number of nitrogens with zero attached hydrogens (tertiary/aromatic N) is 7. The van der Waals surface area contributed by atoms with Crippen LogP contribution in [0, 0.1) is 16.5 Å². The van der Waals surface area contributed by atoms with Crippen LogP contribution in [0.1, 0.15) is 57.2 Å². The smallest absolute Gasteiger partial charge is 0.259 e. The number of nitriles is 1. The Morgan fingerprint density at radius 1 is 0.910 bits per heavy atom. The zero-order valence-electron chi connectivity index (χ0n) is 39.1. The van der Waals surface area contributed by atoms with Gasteiger partial charge < -0.3 is 38.3 Å². The quantitative estimate of drug-likeness (QED) is 0.00959. The molecule has 1 aliphatic rings. The minimum absolute atomic E-state index is 0.0629. The fourth-order valence-corrected chi connectivity index (χ4v) is 10.1. The number of ether oxygens (including phenoxy) is 3. The molecular formula is C51H59ClN7O7P. The monoisotopic (exact) mass is 947 g/mol. The van der Waals surface area contributed by atoms with E-state index in [1.54, 1.807) is 38.5 Å². The van der Waals surface area contributed by atoms with E-state index in [9.17, 15) is 15.3 Å². The molecule has 1 unspecified atom stereocenters. The molecular weight excluding hydrogens is 889 g/mol. The Morgan fingerprint density at radius 3 is 2.04 bits per heavy atom. The summed E-state index contributed by atoms with van der Waals surface area (Å²) in [4.78, 5) is 18.5. The second-order valence-corrected chi connectivity index (χ2v) is 18.4. The molecule has 67 heavy (non-hydrogen) atoms. The number of amides is 1. The molecule has 5 aromatic rings. The van der Waals surface area contributed by atoms with Gasteiger partial charge in [-0.1, -0.05) is 66.2 Å². The molecule has 1 amide bonds. The third kappa shape index (κ3) is 12.6. The first-order valence-corrected chi connectivity index (χ1v) is 23.6. The van der Waals surface area contributed by atoms with Gasteiger partial charge in [-0.25, -0.2) is 4.67 Å². The second-order valence-electron chi connectivity index (χ2n) is 16.6. The maximum atomic E-state index is 14.7. The van der Waals surface area contributed by atoms with E-state index in [-0.39, 0.29) is 49.2 Å². The minimum atomic E-state index is -1.59. The number of rotatable bonds is 22. The van der Waals surface area contributed by atoms with E-state index in [4.69, 9.17) is 34.9 Å². The Morgan fingerprint density at radius 2 is 1.51 bits per heavy atom. The van der Waals surface area contributed by atoms with Crippen molar-refractivity contribution < 1.29 is 32.8 Å². The molecule has 6 rings (SSSR count). The molecule has 0 aliphatic carbocycles. The van der Waals surface area contributed by atoms with Crippen molar-refractivity contribution in [3.63, 3.8) is 0 Å². The molecule has 5 aromatic carbocycles. The highest BCUT2D eigenvalue weighted by Gasteiger charge is 2.43. The van der Waals surface area contributed by atoms with Crippen molar-refractivity contribution in [1.29, 1.82) is 5.26 Å². The summed E-state index contributed by atoms with van der Waals surface area (Å²) in [5, 5.41) is 29.8. The number of carbonyl (C=O) groups excluding carboxylic acids is 1.